The third-order valence-corrected chi connectivity index (χ3v) is 3.45. The van der Waals surface area contributed by atoms with Crippen molar-refractivity contribution in [3.63, 3.8) is 0 Å². The van der Waals surface area contributed by atoms with E-state index < -0.39 is 0 Å². The zero-order valence-corrected chi connectivity index (χ0v) is 10.9. The predicted octanol–water partition coefficient (Wildman–Crippen LogP) is 0.750. The van der Waals surface area contributed by atoms with Crippen LogP contribution in [0.1, 0.15) is 26.2 Å². The van der Waals surface area contributed by atoms with Gasteiger partial charge in [-0.25, -0.2) is 0 Å². The fourth-order valence-corrected chi connectivity index (χ4v) is 2.30. The number of hydrogen-bond acceptors (Lipinski definition) is 4. The van der Waals surface area contributed by atoms with Gasteiger partial charge in [-0.2, -0.15) is 11.8 Å². The highest BCUT2D eigenvalue weighted by molar-refractivity contribution is 7.98. The molecule has 1 saturated heterocycles. The Morgan fingerprint density at radius 3 is 3.06 bits per heavy atom. The molecule has 0 aromatic rings. The van der Waals surface area contributed by atoms with E-state index in [9.17, 15) is 4.79 Å². The maximum absolute atomic E-state index is 11.7. The standard InChI is InChI=1S/C11H22N2O2S/c1-8-7-9(3-5-15-8)13-11(14)10(12)4-6-16-2/h8-10H,3-7,12H2,1-2H3,(H,13,14)/t8?,9?,10-/m0/s1. The lowest BCUT2D eigenvalue weighted by atomic mass is 10.0. The molecule has 0 aromatic carbocycles. The van der Waals surface area contributed by atoms with Crippen LogP contribution in [0.4, 0.5) is 0 Å². The van der Waals surface area contributed by atoms with Crippen LogP contribution in [0.15, 0.2) is 0 Å². The highest BCUT2D eigenvalue weighted by Gasteiger charge is 2.22. The molecule has 0 aromatic heterocycles. The van der Waals surface area contributed by atoms with Crippen molar-refractivity contribution in [2.45, 2.75) is 44.4 Å². The van der Waals surface area contributed by atoms with Gasteiger partial charge >= 0.3 is 0 Å². The Morgan fingerprint density at radius 1 is 1.69 bits per heavy atom. The van der Waals surface area contributed by atoms with Crippen molar-refractivity contribution in [2.75, 3.05) is 18.6 Å². The van der Waals surface area contributed by atoms with Gasteiger partial charge in [-0.05, 0) is 38.2 Å². The van der Waals surface area contributed by atoms with Crippen molar-refractivity contribution < 1.29 is 9.53 Å². The Labute approximate surface area is 102 Å². The van der Waals surface area contributed by atoms with Gasteiger partial charge in [0.1, 0.15) is 0 Å². The summed E-state index contributed by atoms with van der Waals surface area (Å²) in [5, 5.41) is 3.00. The van der Waals surface area contributed by atoms with E-state index in [1.54, 1.807) is 11.8 Å². The molecule has 0 bridgehead atoms. The average Bonchev–Trinajstić information content (AvgIpc) is 2.25. The van der Waals surface area contributed by atoms with Crippen molar-refractivity contribution in [2.24, 2.45) is 5.73 Å². The topological polar surface area (TPSA) is 64.4 Å². The fraction of sp³-hybridized carbons (Fsp3) is 0.909. The zero-order chi connectivity index (χ0) is 12.0. The Kier molecular flexibility index (Phi) is 6.16. The van der Waals surface area contributed by atoms with Crippen LogP contribution < -0.4 is 11.1 Å². The van der Waals surface area contributed by atoms with Gasteiger partial charge in [-0.15, -0.1) is 0 Å². The Bertz CT molecular complexity index is 226. The van der Waals surface area contributed by atoms with Crippen LogP contribution >= 0.6 is 11.8 Å². The van der Waals surface area contributed by atoms with Gasteiger partial charge in [-0.3, -0.25) is 4.79 Å². The third-order valence-electron chi connectivity index (χ3n) is 2.80. The smallest absolute Gasteiger partial charge is 0.237 e. The summed E-state index contributed by atoms with van der Waals surface area (Å²) in [4.78, 5) is 11.7. The quantitative estimate of drug-likeness (QED) is 0.751. The minimum atomic E-state index is -0.370. The Balaban J connectivity index is 2.26. The van der Waals surface area contributed by atoms with Crippen LogP contribution in [-0.4, -0.2) is 42.7 Å². The second kappa shape index (κ2) is 7.14. The van der Waals surface area contributed by atoms with E-state index in [1.807, 2.05) is 13.2 Å². The first-order valence-corrected chi connectivity index (χ1v) is 7.19. The first-order valence-electron chi connectivity index (χ1n) is 5.80. The van der Waals surface area contributed by atoms with E-state index in [-0.39, 0.29) is 24.1 Å². The Hall–Kier alpha value is -0.260. The minimum Gasteiger partial charge on any atom is -0.378 e. The maximum Gasteiger partial charge on any atom is 0.237 e. The maximum atomic E-state index is 11.7. The first kappa shape index (κ1) is 13.8. The van der Waals surface area contributed by atoms with Crippen LogP contribution in [0, 0.1) is 0 Å². The van der Waals surface area contributed by atoms with Gasteiger partial charge in [0.05, 0.1) is 12.1 Å². The van der Waals surface area contributed by atoms with Gasteiger partial charge in [0, 0.05) is 12.6 Å². The lowest BCUT2D eigenvalue weighted by Crippen LogP contribution is -2.48. The molecule has 1 aliphatic heterocycles. The van der Waals surface area contributed by atoms with Crippen LogP contribution in [-0.2, 0) is 9.53 Å². The zero-order valence-electron chi connectivity index (χ0n) is 10.1. The van der Waals surface area contributed by atoms with E-state index >= 15 is 0 Å². The molecule has 16 heavy (non-hydrogen) atoms. The number of amides is 1. The summed E-state index contributed by atoms with van der Waals surface area (Å²) in [7, 11) is 0. The highest BCUT2D eigenvalue weighted by atomic mass is 32.2. The molecule has 3 atom stereocenters. The molecule has 0 aliphatic carbocycles. The van der Waals surface area contributed by atoms with E-state index in [0.29, 0.717) is 0 Å². The predicted molar refractivity (Wildman–Crippen MR) is 67.6 cm³/mol. The van der Waals surface area contributed by atoms with Crippen LogP contribution in [0.3, 0.4) is 0 Å². The summed E-state index contributed by atoms with van der Waals surface area (Å²) in [6, 6.07) is -0.137. The Morgan fingerprint density at radius 2 is 2.44 bits per heavy atom. The van der Waals surface area contributed by atoms with Crippen LogP contribution in [0.25, 0.3) is 0 Å². The fourth-order valence-electron chi connectivity index (χ4n) is 1.81. The molecular weight excluding hydrogens is 224 g/mol. The number of thioether (sulfide) groups is 1. The van der Waals surface area contributed by atoms with Crippen LogP contribution in [0.2, 0.25) is 0 Å². The molecule has 5 heteroatoms. The summed E-state index contributed by atoms with van der Waals surface area (Å²) in [5.74, 6) is 0.909. The molecule has 1 aliphatic rings. The minimum absolute atomic E-state index is 0.0202. The molecule has 0 radical (unpaired) electrons. The molecular formula is C11H22N2O2S. The lowest BCUT2D eigenvalue weighted by molar-refractivity contribution is -0.124. The van der Waals surface area contributed by atoms with Gasteiger partial charge in [0.2, 0.25) is 5.91 Å². The molecule has 4 nitrogen and oxygen atoms in total. The van der Waals surface area contributed by atoms with Gasteiger partial charge in [0.25, 0.3) is 0 Å². The average molecular weight is 246 g/mol. The number of rotatable bonds is 5. The molecule has 94 valence electrons. The van der Waals surface area contributed by atoms with E-state index in [2.05, 4.69) is 5.32 Å². The second-order valence-corrected chi connectivity index (χ2v) is 5.28. The van der Waals surface area contributed by atoms with Crippen LogP contribution in [0.5, 0.6) is 0 Å². The molecule has 3 N–H and O–H groups in total. The summed E-state index contributed by atoms with van der Waals surface area (Å²) in [5.41, 5.74) is 5.80. The van der Waals surface area contributed by atoms with E-state index in [4.69, 9.17) is 10.5 Å². The second-order valence-electron chi connectivity index (χ2n) is 4.30. The summed E-state index contributed by atoms with van der Waals surface area (Å²) in [6.45, 7) is 2.76. The van der Waals surface area contributed by atoms with Crippen molar-refractivity contribution in [1.82, 2.24) is 5.32 Å². The number of carbonyl (C=O) groups is 1. The van der Waals surface area contributed by atoms with Crippen molar-refractivity contribution >= 4 is 17.7 Å². The number of carbonyl (C=O) groups excluding carboxylic acids is 1. The molecule has 1 rings (SSSR count). The normalized spacial score (nSPS) is 27.4. The van der Waals surface area contributed by atoms with E-state index in [0.717, 1.165) is 31.6 Å². The third kappa shape index (κ3) is 4.72. The molecule has 1 fully saturated rings. The molecule has 1 heterocycles. The number of nitrogens with two attached hydrogens (primary N) is 1. The summed E-state index contributed by atoms with van der Waals surface area (Å²) >= 11 is 1.71. The van der Waals surface area contributed by atoms with Crippen molar-refractivity contribution in [1.29, 1.82) is 0 Å². The SMILES string of the molecule is CSCC[C@H](N)C(=O)NC1CCOC(C)C1. The molecule has 0 saturated carbocycles. The summed E-state index contributed by atoms with van der Waals surface area (Å²) < 4.78 is 5.43. The lowest BCUT2D eigenvalue weighted by Gasteiger charge is -2.28. The first-order chi connectivity index (χ1) is 7.63. The monoisotopic (exact) mass is 246 g/mol. The number of nitrogens with one attached hydrogen (secondary N) is 1. The van der Waals surface area contributed by atoms with Gasteiger partial charge in [-0.1, -0.05) is 0 Å². The molecule has 1 amide bonds. The molecule has 0 spiro atoms. The van der Waals surface area contributed by atoms with Gasteiger partial charge < -0.3 is 15.8 Å². The summed E-state index contributed by atoms with van der Waals surface area (Å²) in [6.07, 6.45) is 4.78. The number of ether oxygens (including phenoxy) is 1. The molecule has 2 unspecified atom stereocenters. The van der Waals surface area contributed by atoms with E-state index in [1.165, 1.54) is 0 Å². The largest absolute Gasteiger partial charge is 0.378 e. The van der Waals surface area contributed by atoms with Crippen molar-refractivity contribution in [3.05, 3.63) is 0 Å². The number of hydrogen-bond donors (Lipinski definition) is 2. The van der Waals surface area contributed by atoms with Crippen molar-refractivity contribution in [3.8, 4) is 0 Å². The highest BCUT2D eigenvalue weighted by Crippen LogP contribution is 2.13. The van der Waals surface area contributed by atoms with Gasteiger partial charge in [0.15, 0.2) is 0 Å².